The summed E-state index contributed by atoms with van der Waals surface area (Å²) < 4.78 is 22.0. The van der Waals surface area contributed by atoms with E-state index in [1.165, 1.54) is 31.2 Å². The Morgan fingerprint density at radius 2 is 1.58 bits per heavy atom. The highest BCUT2D eigenvalue weighted by Gasteiger charge is 2.50. The molecule has 1 aromatic rings. The summed E-state index contributed by atoms with van der Waals surface area (Å²) in [6, 6.07) is 4.91. The molecule has 31 heavy (non-hydrogen) atoms. The molecule has 0 saturated carbocycles. The molecule has 0 aromatic heterocycles. The molecule has 1 aromatic carbocycles. The van der Waals surface area contributed by atoms with Gasteiger partial charge in [-0.15, -0.1) is 0 Å². The van der Waals surface area contributed by atoms with Crippen LogP contribution in [-0.2, 0) is 14.2 Å². The minimum atomic E-state index is -1.69. The second-order valence-electron chi connectivity index (χ2n) is 7.36. The van der Waals surface area contributed by atoms with Crippen molar-refractivity contribution in [2.24, 2.45) is 0 Å². The molecule has 3 rings (SSSR count). The number of hydrogen-bond acceptors (Lipinski definition) is 12. The molecule has 2 aliphatic heterocycles. The molecule has 10 atom stereocenters. The van der Waals surface area contributed by atoms with Gasteiger partial charge in [0.15, 0.2) is 12.4 Å². The fraction of sp³-hybridized carbons (Fsp3) is 0.667. The van der Waals surface area contributed by atoms with Gasteiger partial charge in [-0.3, -0.25) is 10.1 Å². The number of aliphatic hydroxyl groups is 6. The van der Waals surface area contributed by atoms with Crippen LogP contribution in [0.3, 0.4) is 0 Å². The molecule has 13 heteroatoms. The van der Waals surface area contributed by atoms with Crippen LogP contribution >= 0.6 is 0 Å². The van der Waals surface area contributed by atoms with Gasteiger partial charge in [-0.05, 0) is 19.1 Å². The second kappa shape index (κ2) is 9.68. The highest BCUT2D eigenvalue weighted by Crippen LogP contribution is 2.31. The molecule has 13 nitrogen and oxygen atoms in total. The van der Waals surface area contributed by atoms with E-state index in [-0.39, 0.29) is 11.4 Å². The highest BCUT2D eigenvalue weighted by molar-refractivity contribution is 5.36. The van der Waals surface area contributed by atoms with Crippen LogP contribution in [0, 0.1) is 10.1 Å². The first-order chi connectivity index (χ1) is 14.6. The highest BCUT2D eigenvalue weighted by atomic mass is 16.8. The number of ether oxygens (including phenoxy) is 4. The van der Waals surface area contributed by atoms with E-state index in [1.807, 2.05) is 0 Å². The van der Waals surface area contributed by atoms with Gasteiger partial charge in [0.2, 0.25) is 6.29 Å². The van der Waals surface area contributed by atoms with Crippen molar-refractivity contribution in [3.8, 4) is 5.75 Å². The molecule has 2 heterocycles. The number of rotatable bonds is 6. The van der Waals surface area contributed by atoms with Crippen molar-refractivity contribution in [2.45, 2.75) is 68.3 Å². The zero-order valence-corrected chi connectivity index (χ0v) is 16.4. The lowest BCUT2D eigenvalue weighted by atomic mass is 9.97. The Kier molecular flexibility index (Phi) is 7.41. The van der Waals surface area contributed by atoms with Crippen LogP contribution in [0.25, 0.3) is 0 Å². The number of benzene rings is 1. The maximum absolute atomic E-state index is 10.8. The Morgan fingerprint density at radius 3 is 2.16 bits per heavy atom. The van der Waals surface area contributed by atoms with Gasteiger partial charge in [-0.1, -0.05) is 0 Å². The number of hydrogen-bond donors (Lipinski definition) is 6. The van der Waals surface area contributed by atoms with Crippen LogP contribution in [0.4, 0.5) is 5.69 Å². The fourth-order valence-corrected chi connectivity index (χ4v) is 3.36. The fourth-order valence-electron chi connectivity index (χ4n) is 3.36. The normalized spacial score (nSPS) is 41.0. The first kappa shape index (κ1) is 23.7. The van der Waals surface area contributed by atoms with Crippen LogP contribution in [0.5, 0.6) is 5.75 Å². The molecular formula is C18H25NO12. The number of nitro benzene ring substituents is 1. The van der Waals surface area contributed by atoms with Gasteiger partial charge in [0.25, 0.3) is 5.69 Å². The SMILES string of the molecule is CC1OC(OC2C(Oc3ccc([N+](=O)[O-])cc3)OC(CO)C(O)C2O)C(O)C(O)C1O. The Balaban J connectivity index is 1.81. The first-order valence-electron chi connectivity index (χ1n) is 9.52. The Labute approximate surface area is 176 Å². The molecule has 2 fully saturated rings. The average molecular weight is 447 g/mol. The number of non-ortho nitro benzene ring substituents is 1. The van der Waals surface area contributed by atoms with E-state index in [2.05, 4.69) is 0 Å². The van der Waals surface area contributed by atoms with E-state index in [9.17, 15) is 40.8 Å². The van der Waals surface area contributed by atoms with Crippen LogP contribution in [0.2, 0.25) is 0 Å². The van der Waals surface area contributed by atoms with Crippen molar-refractivity contribution in [1.82, 2.24) is 0 Å². The van der Waals surface area contributed by atoms with Crippen LogP contribution in [-0.4, -0.2) is 104 Å². The second-order valence-corrected chi connectivity index (χ2v) is 7.36. The van der Waals surface area contributed by atoms with Gasteiger partial charge in [0.1, 0.15) is 42.4 Å². The summed E-state index contributed by atoms with van der Waals surface area (Å²) in [5.41, 5.74) is -0.186. The summed E-state index contributed by atoms with van der Waals surface area (Å²) >= 11 is 0. The molecule has 0 spiro atoms. The van der Waals surface area contributed by atoms with Crippen molar-refractivity contribution in [2.75, 3.05) is 6.61 Å². The summed E-state index contributed by atoms with van der Waals surface area (Å²) in [4.78, 5) is 10.2. The van der Waals surface area contributed by atoms with E-state index in [1.54, 1.807) is 0 Å². The van der Waals surface area contributed by atoms with Gasteiger partial charge >= 0.3 is 0 Å². The molecule has 10 unspecified atom stereocenters. The molecule has 6 N–H and O–H groups in total. The van der Waals surface area contributed by atoms with Crippen LogP contribution in [0.1, 0.15) is 6.92 Å². The summed E-state index contributed by atoms with van der Waals surface area (Å²) in [5.74, 6) is 0.0958. The smallest absolute Gasteiger partial charge is 0.269 e. The lowest BCUT2D eigenvalue weighted by Gasteiger charge is -2.45. The molecule has 2 saturated heterocycles. The van der Waals surface area contributed by atoms with Crippen molar-refractivity contribution in [1.29, 1.82) is 0 Å². The minimum Gasteiger partial charge on any atom is -0.462 e. The predicted molar refractivity (Wildman–Crippen MR) is 98.7 cm³/mol. The summed E-state index contributed by atoms with van der Waals surface area (Å²) in [6.07, 6.45) is -14.5. The summed E-state index contributed by atoms with van der Waals surface area (Å²) in [7, 11) is 0. The molecule has 2 aliphatic rings. The minimum absolute atomic E-state index is 0.0958. The van der Waals surface area contributed by atoms with Gasteiger partial charge in [0, 0.05) is 12.1 Å². The van der Waals surface area contributed by atoms with E-state index < -0.39 is 72.9 Å². The van der Waals surface area contributed by atoms with Crippen LogP contribution < -0.4 is 4.74 Å². The Morgan fingerprint density at radius 1 is 0.935 bits per heavy atom. The average Bonchev–Trinajstić information content (AvgIpc) is 2.75. The topological polar surface area (TPSA) is 201 Å². The lowest BCUT2D eigenvalue weighted by molar-refractivity contribution is -0.384. The Hall–Kier alpha value is -1.94. The summed E-state index contributed by atoms with van der Waals surface area (Å²) in [5, 5.41) is 70.9. The zero-order valence-electron chi connectivity index (χ0n) is 16.4. The number of nitro groups is 1. The monoisotopic (exact) mass is 447 g/mol. The number of aliphatic hydroxyl groups excluding tert-OH is 6. The Bertz CT molecular complexity index is 748. The van der Waals surface area contributed by atoms with Gasteiger partial charge in [-0.25, -0.2) is 0 Å². The van der Waals surface area contributed by atoms with E-state index in [0.29, 0.717) is 0 Å². The molecule has 0 amide bonds. The third-order valence-electron chi connectivity index (χ3n) is 5.22. The number of nitrogens with zero attached hydrogens (tertiary/aromatic N) is 1. The van der Waals surface area contributed by atoms with Crippen molar-refractivity contribution >= 4 is 5.69 Å². The maximum atomic E-state index is 10.8. The van der Waals surface area contributed by atoms with Crippen molar-refractivity contribution in [3.63, 3.8) is 0 Å². The van der Waals surface area contributed by atoms with Crippen molar-refractivity contribution < 1.29 is 54.5 Å². The van der Waals surface area contributed by atoms with E-state index >= 15 is 0 Å². The van der Waals surface area contributed by atoms with Crippen molar-refractivity contribution in [3.05, 3.63) is 34.4 Å². The van der Waals surface area contributed by atoms with E-state index in [0.717, 1.165) is 0 Å². The standard InChI is InChI=1S/C18H25NO12/c1-7-11(21)13(23)15(25)17(28-7)31-16-14(24)12(22)10(6-20)30-18(16)29-9-4-2-8(3-5-9)19(26)27/h2-5,7,10-18,20-25H,6H2,1H3. The maximum Gasteiger partial charge on any atom is 0.269 e. The quantitative estimate of drug-likeness (QED) is 0.200. The molecule has 0 aliphatic carbocycles. The largest absolute Gasteiger partial charge is 0.462 e. The molecular weight excluding hydrogens is 422 g/mol. The zero-order chi connectivity index (χ0) is 22.9. The molecule has 0 radical (unpaired) electrons. The van der Waals surface area contributed by atoms with Crippen LogP contribution in [0.15, 0.2) is 24.3 Å². The summed E-state index contributed by atoms with van der Waals surface area (Å²) in [6.45, 7) is 0.779. The third-order valence-corrected chi connectivity index (χ3v) is 5.22. The molecule has 174 valence electrons. The van der Waals surface area contributed by atoms with Gasteiger partial charge in [0.05, 0.1) is 17.6 Å². The van der Waals surface area contributed by atoms with E-state index in [4.69, 9.17) is 18.9 Å². The van der Waals surface area contributed by atoms with Gasteiger partial charge in [-0.2, -0.15) is 0 Å². The third kappa shape index (κ3) is 4.95. The van der Waals surface area contributed by atoms with Gasteiger partial charge < -0.3 is 49.6 Å². The molecule has 0 bridgehead atoms. The first-order valence-corrected chi connectivity index (χ1v) is 9.52. The lowest BCUT2D eigenvalue weighted by Crippen LogP contribution is -2.64. The predicted octanol–water partition coefficient (Wildman–Crippen LogP) is -2.37.